The number of nitrogens with one attached hydrogen (secondary N) is 1. The van der Waals surface area contributed by atoms with Crippen molar-refractivity contribution in [3.63, 3.8) is 0 Å². The molecule has 61 valence electrons. The zero-order valence-electron chi connectivity index (χ0n) is 6.88. The molecule has 0 spiro atoms. The number of hydrogen-bond acceptors (Lipinski definition) is 2. The van der Waals surface area contributed by atoms with Crippen LogP contribution in [0.4, 0.5) is 0 Å². The lowest BCUT2D eigenvalue weighted by Gasteiger charge is -1.93. The van der Waals surface area contributed by atoms with Gasteiger partial charge in [0.25, 0.3) is 0 Å². The van der Waals surface area contributed by atoms with E-state index in [1.165, 1.54) is 19.3 Å². The fourth-order valence-electron chi connectivity index (χ4n) is 0.955. The van der Waals surface area contributed by atoms with E-state index in [-0.39, 0.29) is 0 Å². The highest BCUT2D eigenvalue weighted by molar-refractivity contribution is 5.04. The van der Waals surface area contributed by atoms with E-state index in [4.69, 9.17) is 0 Å². The smallest absolute Gasteiger partial charge is 0.0861 e. The Balaban J connectivity index is 2.04. The third-order valence-electron chi connectivity index (χ3n) is 1.60. The number of aromatic nitrogens is 3. The maximum absolute atomic E-state index is 3.85. The lowest BCUT2D eigenvalue weighted by Crippen LogP contribution is -1.82. The highest BCUT2D eigenvalue weighted by atomic mass is 15.3. The summed E-state index contributed by atoms with van der Waals surface area (Å²) in [4.78, 5) is 0. The highest BCUT2D eigenvalue weighted by Crippen LogP contribution is 2.05. The summed E-state index contributed by atoms with van der Waals surface area (Å²) in [5.74, 6) is 0. The van der Waals surface area contributed by atoms with Gasteiger partial charge in [0.1, 0.15) is 0 Å². The quantitative estimate of drug-likeness (QED) is 0.655. The molecule has 0 saturated heterocycles. The first-order valence-corrected chi connectivity index (χ1v) is 4.13. The van der Waals surface area contributed by atoms with Crippen molar-refractivity contribution < 1.29 is 0 Å². The van der Waals surface area contributed by atoms with Crippen LogP contribution in [-0.2, 0) is 0 Å². The average molecular weight is 152 g/mol. The topological polar surface area (TPSA) is 41.6 Å². The molecule has 0 fully saturated rings. The minimum atomic E-state index is 0.959. The second-order valence-electron chi connectivity index (χ2n) is 2.60. The summed E-state index contributed by atoms with van der Waals surface area (Å²) in [6.07, 6.45) is 8.86. The summed E-state index contributed by atoms with van der Waals surface area (Å²) in [5.41, 5.74) is 0.959. The third kappa shape index (κ3) is 3.16. The predicted octanol–water partition coefficient (Wildman–Crippen LogP) is 1.94. The predicted molar refractivity (Wildman–Crippen MR) is 43.9 cm³/mol. The summed E-state index contributed by atoms with van der Waals surface area (Å²) in [6.45, 7) is 2.20. The Morgan fingerprint density at radius 2 is 2.45 bits per heavy atom. The van der Waals surface area contributed by atoms with Crippen molar-refractivity contribution in [1.82, 2.24) is 15.4 Å². The largest absolute Gasteiger partial charge is 0.265 e. The molecule has 1 radical (unpaired) electrons. The van der Waals surface area contributed by atoms with E-state index < -0.39 is 0 Å². The molecule has 3 nitrogen and oxygen atoms in total. The second-order valence-corrected chi connectivity index (χ2v) is 2.60. The minimum Gasteiger partial charge on any atom is -0.265 e. The molecule has 0 bridgehead atoms. The van der Waals surface area contributed by atoms with Crippen LogP contribution in [0.15, 0.2) is 6.20 Å². The van der Waals surface area contributed by atoms with Crippen molar-refractivity contribution in [2.45, 2.75) is 32.6 Å². The van der Waals surface area contributed by atoms with Crippen LogP contribution in [-0.4, -0.2) is 15.4 Å². The van der Waals surface area contributed by atoms with E-state index >= 15 is 0 Å². The van der Waals surface area contributed by atoms with Gasteiger partial charge in [-0.3, -0.25) is 5.10 Å². The molecule has 0 saturated carbocycles. The first-order valence-electron chi connectivity index (χ1n) is 4.13. The number of hydrogen-bond donors (Lipinski definition) is 1. The molecule has 1 rings (SSSR count). The fourth-order valence-corrected chi connectivity index (χ4v) is 0.955. The van der Waals surface area contributed by atoms with Gasteiger partial charge in [0.05, 0.1) is 5.69 Å². The van der Waals surface area contributed by atoms with Crippen LogP contribution in [0.5, 0.6) is 0 Å². The van der Waals surface area contributed by atoms with E-state index in [0.29, 0.717) is 0 Å². The maximum Gasteiger partial charge on any atom is 0.0861 e. The van der Waals surface area contributed by atoms with Gasteiger partial charge < -0.3 is 0 Å². The zero-order valence-corrected chi connectivity index (χ0v) is 6.88. The SMILES string of the molecule is CCCCC[CH]c1c[nH]nn1. The van der Waals surface area contributed by atoms with Crippen LogP contribution in [0.2, 0.25) is 0 Å². The lowest BCUT2D eigenvalue weighted by molar-refractivity contribution is 0.712. The molecular formula is C8H14N3. The van der Waals surface area contributed by atoms with E-state index in [0.717, 1.165) is 12.1 Å². The minimum absolute atomic E-state index is 0.959. The van der Waals surface area contributed by atoms with Gasteiger partial charge in [0.2, 0.25) is 0 Å². The molecule has 1 heterocycles. The van der Waals surface area contributed by atoms with Crippen LogP contribution in [0.3, 0.4) is 0 Å². The van der Waals surface area contributed by atoms with E-state index in [9.17, 15) is 0 Å². The Hall–Kier alpha value is -0.860. The molecule has 1 aromatic heterocycles. The Kier molecular flexibility index (Phi) is 3.65. The molecule has 11 heavy (non-hydrogen) atoms. The van der Waals surface area contributed by atoms with Crippen LogP contribution < -0.4 is 0 Å². The lowest BCUT2D eigenvalue weighted by atomic mass is 10.1. The molecule has 0 aliphatic heterocycles. The van der Waals surface area contributed by atoms with E-state index in [1.807, 2.05) is 6.20 Å². The summed E-state index contributed by atoms with van der Waals surface area (Å²) in [7, 11) is 0. The van der Waals surface area contributed by atoms with Crippen LogP contribution in [0.1, 0.15) is 38.3 Å². The van der Waals surface area contributed by atoms with Gasteiger partial charge in [-0.15, -0.1) is 5.10 Å². The van der Waals surface area contributed by atoms with Gasteiger partial charge in [0, 0.05) is 12.6 Å². The van der Waals surface area contributed by atoms with Crippen molar-refractivity contribution in [2.24, 2.45) is 0 Å². The molecule has 3 heteroatoms. The molecule has 0 aliphatic carbocycles. The molecule has 1 N–H and O–H groups in total. The van der Waals surface area contributed by atoms with Crippen molar-refractivity contribution in [3.8, 4) is 0 Å². The number of aromatic amines is 1. The Morgan fingerprint density at radius 1 is 1.55 bits per heavy atom. The maximum atomic E-state index is 3.85. The standard InChI is InChI=1S/C8H14N3/c1-2-3-4-5-6-8-7-9-11-10-8/h6-7H,2-5H2,1H3,(H,9,10,11). The summed E-state index contributed by atoms with van der Waals surface area (Å²) in [5, 5.41) is 10.1. The molecule has 0 unspecified atom stereocenters. The number of nitrogens with zero attached hydrogens (tertiary/aromatic N) is 2. The van der Waals surface area contributed by atoms with Gasteiger partial charge in [-0.1, -0.05) is 31.4 Å². The molecular weight excluding hydrogens is 138 g/mol. The Bertz CT molecular complexity index is 169. The Labute approximate surface area is 67.2 Å². The number of unbranched alkanes of at least 4 members (excludes halogenated alkanes) is 3. The fraction of sp³-hybridized carbons (Fsp3) is 0.625. The second kappa shape index (κ2) is 4.88. The van der Waals surface area contributed by atoms with Crippen molar-refractivity contribution in [2.75, 3.05) is 0 Å². The monoisotopic (exact) mass is 152 g/mol. The van der Waals surface area contributed by atoms with Gasteiger partial charge in [-0.05, 0) is 6.42 Å². The Morgan fingerprint density at radius 3 is 3.09 bits per heavy atom. The summed E-state index contributed by atoms with van der Waals surface area (Å²) >= 11 is 0. The number of H-pyrrole nitrogens is 1. The van der Waals surface area contributed by atoms with Gasteiger partial charge >= 0.3 is 0 Å². The highest BCUT2D eigenvalue weighted by Gasteiger charge is 1.94. The van der Waals surface area contributed by atoms with E-state index in [2.05, 4.69) is 28.8 Å². The summed E-state index contributed by atoms with van der Waals surface area (Å²) in [6, 6.07) is 0. The molecule has 1 aromatic rings. The van der Waals surface area contributed by atoms with Gasteiger partial charge in [0.15, 0.2) is 0 Å². The van der Waals surface area contributed by atoms with Crippen LogP contribution in [0.25, 0.3) is 0 Å². The van der Waals surface area contributed by atoms with Crippen molar-refractivity contribution >= 4 is 0 Å². The van der Waals surface area contributed by atoms with Crippen LogP contribution in [0, 0.1) is 6.42 Å². The van der Waals surface area contributed by atoms with Crippen molar-refractivity contribution in [3.05, 3.63) is 18.3 Å². The average Bonchev–Trinajstić information content (AvgIpc) is 2.50. The third-order valence-corrected chi connectivity index (χ3v) is 1.60. The summed E-state index contributed by atoms with van der Waals surface area (Å²) < 4.78 is 0. The molecule has 0 amide bonds. The first-order chi connectivity index (χ1) is 5.43. The molecule has 0 aliphatic rings. The zero-order chi connectivity index (χ0) is 7.94. The van der Waals surface area contributed by atoms with E-state index in [1.54, 1.807) is 0 Å². The van der Waals surface area contributed by atoms with Crippen LogP contribution >= 0.6 is 0 Å². The van der Waals surface area contributed by atoms with Crippen molar-refractivity contribution in [1.29, 1.82) is 0 Å². The normalized spacial score (nSPS) is 10.3. The molecule has 0 aromatic carbocycles. The number of rotatable bonds is 5. The van der Waals surface area contributed by atoms with Gasteiger partial charge in [-0.25, -0.2) is 0 Å². The first kappa shape index (κ1) is 8.24. The van der Waals surface area contributed by atoms with Gasteiger partial charge in [-0.2, -0.15) is 0 Å². The molecule has 0 atom stereocenters.